The number of fused-ring (bicyclic) bond motifs is 1. The summed E-state index contributed by atoms with van der Waals surface area (Å²) in [6, 6.07) is 51.2. The molecule has 1 heterocycles. The number of thiazole rings is 1. The summed E-state index contributed by atoms with van der Waals surface area (Å²) in [5.41, 5.74) is 8.56. The van der Waals surface area contributed by atoms with Gasteiger partial charge in [0, 0.05) is 5.03 Å². The van der Waals surface area contributed by atoms with Gasteiger partial charge in [-0.3, -0.25) is 0 Å². The van der Waals surface area contributed by atoms with Crippen LogP contribution < -0.4 is 0 Å². The van der Waals surface area contributed by atoms with Gasteiger partial charge in [0.1, 0.15) is 5.01 Å². The molecule has 7 rings (SSSR count). The lowest BCUT2D eigenvalue weighted by molar-refractivity contribution is 0.701. The second-order valence-corrected chi connectivity index (χ2v) is 12.0. The third-order valence-electron chi connectivity index (χ3n) is 7.87. The number of rotatable bonds is 6. The monoisotopic (exact) mass is 577 g/mol. The molecule has 0 radical (unpaired) electrons. The highest BCUT2D eigenvalue weighted by Gasteiger charge is 2.43. The molecular weight excluding hydrogens is 550 g/mol. The van der Waals surface area contributed by atoms with Crippen molar-refractivity contribution in [2.75, 3.05) is 0 Å². The molecule has 1 nitrogen and oxygen atoms in total. The van der Waals surface area contributed by atoms with Gasteiger partial charge < -0.3 is 0 Å². The number of aromatic nitrogens is 1. The van der Waals surface area contributed by atoms with Crippen LogP contribution in [0.5, 0.6) is 0 Å². The van der Waals surface area contributed by atoms with Crippen LogP contribution in [0.3, 0.4) is 0 Å². The summed E-state index contributed by atoms with van der Waals surface area (Å²) >= 11 is 8.92. The molecule has 5 aromatic carbocycles. The quantitative estimate of drug-likeness (QED) is 0.179. The first-order chi connectivity index (χ1) is 20.7. The van der Waals surface area contributed by atoms with Crippen molar-refractivity contribution in [1.29, 1.82) is 0 Å². The Kier molecular flexibility index (Phi) is 7.17. The molecule has 0 saturated heterocycles. The molecule has 0 N–H and O–H groups in total. The van der Waals surface area contributed by atoms with Gasteiger partial charge in [-0.1, -0.05) is 145 Å². The van der Waals surface area contributed by atoms with Gasteiger partial charge in [0.05, 0.1) is 15.6 Å². The first kappa shape index (κ1) is 26.4. The fraction of sp³-hybridized carbons (Fsp3) is 0.0513. The van der Waals surface area contributed by atoms with Crippen molar-refractivity contribution in [2.24, 2.45) is 0 Å². The molecule has 0 bridgehead atoms. The second-order valence-electron chi connectivity index (χ2n) is 10.5. The average molecular weight is 578 g/mol. The van der Waals surface area contributed by atoms with Crippen molar-refractivity contribution in [3.05, 3.63) is 190 Å². The van der Waals surface area contributed by atoms with E-state index in [0.29, 0.717) is 5.03 Å². The normalized spacial score (nSPS) is 16.5. The maximum absolute atomic E-state index is 7.16. The van der Waals surface area contributed by atoms with Gasteiger partial charge in [-0.25, -0.2) is 4.98 Å². The third kappa shape index (κ3) is 4.94. The van der Waals surface area contributed by atoms with Gasteiger partial charge in [-0.2, -0.15) is 0 Å². The Bertz CT molecular complexity index is 1860. The van der Waals surface area contributed by atoms with Gasteiger partial charge >= 0.3 is 0 Å². The number of hydrogen-bond donors (Lipinski definition) is 0. The number of para-hydroxylation sites is 1. The van der Waals surface area contributed by atoms with Gasteiger partial charge in [0.15, 0.2) is 0 Å². The fourth-order valence-corrected chi connectivity index (χ4v) is 7.50. The molecule has 202 valence electrons. The molecule has 0 saturated carbocycles. The molecule has 1 aromatic heterocycles. The molecule has 6 aromatic rings. The lowest BCUT2D eigenvalue weighted by atomic mass is 9.66. The van der Waals surface area contributed by atoms with Crippen molar-refractivity contribution in [1.82, 2.24) is 4.98 Å². The molecule has 1 atom stereocenters. The number of allylic oxidation sites excluding steroid dienone is 5. The smallest absolute Gasteiger partial charge is 0.109 e. The van der Waals surface area contributed by atoms with E-state index in [1.165, 1.54) is 27.0 Å². The summed E-state index contributed by atoms with van der Waals surface area (Å²) in [4.78, 5) is 5.34. The van der Waals surface area contributed by atoms with E-state index in [0.717, 1.165) is 33.6 Å². The molecule has 1 aliphatic rings. The van der Waals surface area contributed by atoms with Crippen molar-refractivity contribution in [2.45, 2.75) is 11.8 Å². The highest BCUT2D eigenvalue weighted by Crippen LogP contribution is 2.54. The molecule has 0 aliphatic heterocycles. The fourth-order valence-electron chi connectivity index (χ4n) is 6.05. The minimum Gasteiger partial charge on any atom is -0.240 e. The number of benzene rings is 5. The van der Waals surface area contributed by atoms with Crippen molar-refractivity contribution < 1.29 is 0 Å². The van der Waals surface area contributed by atoms with Crippen molar-refractivity contribution in [3.8, 4) is 0 Å². The summed E-state index contributed by atoms with van der Waals surface area (Å²) in [6.45, 7) is 0. The summed E-state index contributed by atoms with van der Waals surface area (Å²) in [5, 5.41) is 1.75. The molecule has 1 aliphatic carbocycles. The highest BCUT2D eigenvalue weighted by molar-refractivity contribution is 7.18. The Hall–Kier alpha value is -4.50. The van der Waals surface area contributed by atoms with Gasteiger partial charge in [0.2, 0.25) is 0 Å². The predicted octanol–water partition coefficient (Wildman–Crippen LogP) is 10.8. The van der Waals surface area contributed by atoms with E-state index in [-0.39, 0.29) is 0 Å². The number of hydrogen-bond acceptors (Lipinski definition) is 2. The Labute approximate surface area is 255 Å². The predicted molar refractivity (Wildman–Crippen MR) is 180 cm³/mol. The average Bonchev–Trinajstić information content (AvgIpc) is 3.50. The first-order valence-electron chi connectivity index (χ1n) is 14.1. The van der Waals surface area contributed by atoms with E-state index in [2.05, 4.69) is 158 Å². The maximum Gasteiger partial charge on any atom is 0.109 e. The van der Waals surface area contributed by atoms with Gasteiger partial charge in [-0.15, -0.1) is 11.3 Å². The van der Waals surface area contributed by atoms with Crippen LogP contribution in [0.15, 0.2) is 163 Å². The van der Waals surface area contributed by atoms with Crippen LogP contribution in [0.2, 0.25) is 0 Å². The lowest BCUT2D eigenvalue weighted by Crippen LogP contribution is -2.29. The summed E-state index contributed by atoms with van der Waals surface area (Å²) in [5.74, 6) is 0. The van der Waals surface area contributed by atoms with Crippen molar-refractivity contribution >= 4 is 49.9 Å². The lowest BCUT2D eigenvalue weighted by Gasteiger charge is -2.38. The molecule has 0 amide bonds. The van der Waals surface area contributed by atoms with Crippen LogP contribution in [0.1, 0.15) is 33.7 Å². The zero-order chi connectivity index (χ0) is 28.4. The molecular formula is C39H28ClNS. The summed E-state index contributed by atoms with van der Waals surface area (Å²) in [7, 11) is 0. The Morgan fingerprint density at radius 3 is 1.74 bits per heavy atom. The Morgan fingerprint density at radius 2 is 1.14 bits per heavy atom. The minimum absolute atomic E-state index is 0.636. The van der Waals surface area contributed by atoms with Crippen LogP contribution in [0, 0.1) is 0 Å². The third-order valence-corrected chi connectivity index (χ3v) is 9.30. The van der Waals surface area contributed by atoms with E-state index < -0.39 is 5.41 Å². The van der Waals surface area contributed by atoms with Crippen LogP contribution in [0.25, 0.3) is 26.9 Å². The summed E-state index contributed by atoms with van der Waals surface area (Å²) in [6.07, 6.45) is 5.09. The standard InChI is InChI=1S/C39H28ClNS/c40-33-25-32(28-15-5-1-6-16-28)26-39(27-33,38-41-34-23-13-14-24-35(34)42-38)37(31-21-11-4-12-22-31)36(29-17-7-2-8-18-29)30-19-9-3-10-20-30/h1-25,27H,26H2. The summed E-state index contributed by atoms with van der Waals surface area (Å²) < 4.78 is 1.17. The van der Waals surface area contributed by atoms with Gasteiger partial charge in [0.25, 0.3) is 0 Å². The zero-order valence-corrected chi connectivity index (χ0v) is 24.5. The SMILES string of the molecule is ClC1=CC(C(=C(c2ccccc2)c2ccccc2)c2ccccc2)(c2nc3ccccc3s2)CC(c2ccccc2)=C1. The van der Waals surface area contributed by atoms with Crippen LogP contribution in [-0.2, 0) is 5.41 Å². The minimum atomic E-state index is -0.636. The van der Waals surface area contributed by atoms with E-state index in [1.54, 1.807) is 11.3 Å². The van der Waals surface area contributed by atoms with Crippen LogP contribution in [0.4, 0.5) is 0 Å². The Morgan fingerprint density at radius 1 is 0.619 bits per heavy atom. The van der Waals surface area contributed by atoms with E-state index in [4.69, 9.17) is 16.6 Å². The largest absolute Gasteiger partial charge is 0.240 e. The topological polar surface area (TPSA) is 12.9 Å². The van der Waals surface area contributed by atoms with E-state index in [1.807, 2.05) is 0 Å². The second kappa shape index (κ2) is 11.4. The van der Waals surface area contributed by atoms with Crippen molar-refractivity contribution in [3.63, 3.8) is 0 Å². The highest BCUT2D eigenvalue weighted by atomic mass is 35.5. The maximum atomic E-state index is 7.16. The zero-order valence-electron chi connectivity index (χ0n) is 23.0. The van der Waals surface area contributed by atoms with Crippen LogP contribution >= 0.6 is 22.9 Å². The first-order valence-corrected chi connectivity index (χ1v) is 15.3. The Balaban J connectivity index is 1.63. The molecule has 42 heavy (non-hydrogen) atoms. The number of nitrogens with zero attached hydrogens (tertiary/aromatic N) is 1. The van der Waals surface area contributed by atoms with Crippen LogP contribution in [-0.4, -0.2) is 4.98 Å². The molecule has 0 fully saturated rings. The molecule has 3 heteroatoms. The van der Waals surface area contributed by atoms with Gasteiger partial charge in [-0.05, 0) is 69.7 Å². The molecule has 1 unspecified atom stereocenters. The number of halogens is 1. The van der Waals surface area contributed by atoms with E-state index >= 15 is 0 Å². The van der Waals surface area contributed by atoms with E-state index in [9.17, 15) is 0 Å². The molecule has 0 spiro atoms.